The van der Waals surface area contributed by atoms with Gasteiger partial charge in [-0.3, -0.25) is 4.79 Å². The number of anilines is 1. The lowest BCUT2D eigenvalue weighted by molar-refractivity contribution is 0.0693. The molecule has 0 atom stereocenters. The maximum absolute atomic E-state index is 11.9. The van der Waals surface area contributed by atoms with Gasteiger partial charge in [-0.15, -0.1) is 5.10 Å². The first-order valence-electron chi connectivity index (χ1n) is 5.16. The number of para-hydroxylation sites is 1. The average Bonchev–Trinajstić information content (AvgIpc) is 2.77. The predicted molar refractivity (Wildman–Crippen MR) is 67.7 cm³/mol. The van der Waals surface area contributed by atoms with Gasteiger partial charge < -0.3 is 15.5 Å². The molecular formula is C11H9N3O4S. The number of aromatic carboxylic acids is 1. The number of carbonyl (C=O) groups excluding carboxylic acids is 1. The van der Waals surface area contributed by atoms with Crippen molar-refractivity contribution in [3.63, 3.8) is 0 Å². The van der Waals surface area contributed by atoms with Crippen LogP contribution in [0.15, 0.2) is 18.2 Å². The predicted octanol–water partition coefficient (Wildman–Crippen LogP) is 1.50. The summed E-state index contributed by atoms with van der Waals surface area (Å²) in [5.74, 6) is -2.26. The molecule has 7 nitrogen and oxygen atoms in total. The van der Waals surface area contributed by atoms with Gasteiger partial charge in [-0.25, -0.2) is 4.79 Å². The summed E-state index contributed by atoms with van der Waals surface area (Å²) < 4.78 is 3.63. The third kappa shape index (κ3) is 2.52. The van der Waals surface area contributed by atoms with Crippen LogP contribution < -0.4 is 5.32 Å². The molecule has 0 saturated heterocycles. The molecule has 19 heavy (non-hydrogen) atoms. The molecule has 8 heteroatoms. The van der Waals surface area contributed by atoms with Crippen LogP contribution in [0.1, 0.15) is 25.7 Å². The first-order valence-corrected chi connectivity index (χ1v) is 5.93. The highest BCUT2D eigenvalue weighted by Gasteiger charge is 2.17. The van der Waals surface area contributed by atoms with Gasteiger partial charge in [0.15, 0.2) is 5.75 Å². The maximum Gasteiger partial charge on any atom is 0.339 e. The van der Waals surface area contributed by atoms with Crippen LogP contribution >= 0.6 is 11.5 Å². The average molecular weight is 279 g/mol. The molecule has 0 fully saturated rings. The SMILES string of the molecule is Cc1nnsc1C(=O)Nc1cccc(C(=O)O)c1O. The van der Waals surface area contributed by atoms with E-state index in [0.717, 1.165) is 11.5 Å². The van der Waals surface area contributed by atoms with Crippen LogP contribution in [-0.4, -0.2) is 31.7 Å². The van der Waals surface area contributed by atoms with E-state index in [1.165, 1.54) is 18.2 Å². The van der Waals surface area contributed by atoms with Crippen LogP contribution in [0, 0.1) is 6.92 Å². The van der Waals surface area contributed by atoms with Crippen molar-refractivity contribution in [3.05, 3.63) is 34.3 Å². The number of benzene rings is 1. The summed E-state index contributed by atoms with van der Waals surface area (Å²) in [6, 6.07) is 4.08. The van der Waals surface area contributed by atoms with E-state index in [4.69, 9.17) is 5.11 Å². The molecule has 0 aliphatic carbocycles. The van der Waals surface area contributed by atoms with Gasteiger partial charge in [-0.1, -0.05) is 10.6 Å². The van der Waals surface area contributed by atoms with Crippen molar-refractivity contribution >= 4 is 29.1 Å². The van der Waals surface area contributed by atoms with Gasteiger partial charge in [0.25, 0.3) is 5.91 Å². The molecular weight excluding hydrogens is 270 g/mol. The highest BCUT2D eigenvalue weighted by molar-refractivity contribution is 7.08. The number of nitrogens with zero attached hydrogens (tertiary/aromatic N) is 2. The second-order valence-corrected chi connectivity index (χ2v) is 4.40. The minimum absolute atomic E-state index is 0.0256. The summed E-state index contributed by atoms with van der Waals surface area (Å²) in [5, 5.41) is 24.7. The number of carbonyl (C=O) groups is 2. The quantitative estimate of drug-likeness (QED) is 0.734. The smallest absolute Gasteiger partial charge is 0.339 e. The van der Waals surface area contributed by atoms with Crippen molar-refractivity contribution in [2.45, 2.75) is 6.92 Å². The standard InChI is InChI=1S/C11H9N3O4S/c1-5-9(19-14-13-5)10(16)12-7-4-2-3-6(8(7)15)11(17)18/h2-4,15H,1H3,(H,12,16)(H,17,18). The van der Waals surface area contributed by atoms with E-state index < -0.39 is 17.6 Å². The molecule has 3 N–H and O–H groups in total. The highest BCUT2D eigenvalue weighted by atomic mass is 32.1. The summed E-state index contributed by atoms with van der Waals surface area (Å²) in [6.07, 6.45) is 0. The molecule has 0 saturated carbocycles. The minimum atomic E-state index is -1.27. The molecule has 2 aromatic rings. The molecule has 0 unspecified atom stereocenters. The first-order chi connectivity index (χ1) is 9.00. The Morgan fingerprint density at radius 1 is 1.37 bits per heavy atom. The minimum Gasteiger partial charge on any atom is -0.505 e. The molecule has 98 valence electrons. The summed E-state index contributed by atoms with van der Waals surface area (Å²) in [5.41, 5.74) is 0.214. The van der Waals surface area contributed by atoms with Gasteiger partial charge in [0.1, 0.15) is 10.4 Å². The van der Waals surface area contributed by atoms with E-state index >= 15 is 0 Å². The molecule has 1 aromatic heterocycles. The summed E-state index contributed by atoms with van der Waals surface area (Å²) in [6.45, 7) is 1.63. The third-order valence-corrected chi connectivity index (χ3v) is 3.20. The van der Waals surface area contributed by atoms with Crippen LogP contribution in [0.4, 0.5) is 5.69 Å². The third-order valence-electron chi connectivity index (χ3n) is 2.37. The van der Waals surface area contributed by atoms with Gasteiger partial charge in [0, 0.05) is 0 Å². The number of nitrogens with one attached hydrogen (secondary N) is 1. The molecule has 0 aliphatic heterocycles. The molecule has 2 rings (SSSR count). The van der Waals surface area contributed by atoms with Gasteiger partial charge in [-0.05, 0) is 30.6 Å². The van der Waals surface area contributed by atoms with E-state index in [9.17, 15) is 14.7 Å². The Morgan fingerprint density at radius 2 is 2.11 bits per heavy atom. The van der Waals surface area contributed by atoms with E-state index in [1.807, 2.05) is 0 Å². The molecule has 1 heterocycles. The molecule has 1 aromatic carbocycles. The zero-order valence-electron chi connectivity index (χ0n) is 9.75. The highest BCUT2D eigenvalue weighted by Crippen LogP contribution is 2.28. The lowest BCUT2D eigenvalue weighted by Crippen LogP contribution is -2.12. The number of hydrogen-bond acceptors (Lipinski definition) is 6. The molecule has 0 radical (unpaired) electrons. The van der Waals surface area contributed by atoms with Gasteiger partial charge in [0.05, 0.1) is 11.4 Å². The number of carboxylic acids is 1. The normalized spacial score (nSPS) is 10.2. The second kappa shape index (κ2) is 5.02. The Morgan fingerprint density at radius 3 is 2.68 bits per heavy atom. The van der Waals surface area contributed by atoms with Crippen molar-refractivity contribution in [2.75, 3.05) is 5.32 Å². The zero-order valence-corrected chi connectivity index (χ0v) is 10.6. The Labute approximate surface area is 111 Å². The molecule has 0 spiro atoms. The number of aromatic nitrogens is 2. The number of carboxylic acid groups (broad SMARTS) is 1. The molecule has 1 amide bonds. The molecule has 0 aliphatic rings. The Bertz CT molecular complexity index is 653. The van der Waals surface area contributed by atoms with Crippen molar-refractivity contribution in [1.29, 1.82) is 0 Å². The fourth-order valence-corrected chi connectivity index (χ4v) is 1.99. The van der Waals surface area contributed by atoms with Crippen molar-refractivity contribution in [2.24, 2.45) is 0 Å². The fraction of sp³-hybridized carbons (Fsp3) is 0.0909. The zero-order chi connectivity index (χ0) is 14.0. The number of amides is 1. The number of aromatic hydroxyl groups is 1. The number of aryl methyl sites for hydroxylation is 1. The lowest BCUT2D eigenvalue weighted by atomic mass is 10.1. The Kier molecular flexibility index (Phi) is 3.43. The monoisotopic (exact) mass is 279 g/mol. The van der Waals surface area contributed by atoms with E-state index in [-0.39, 0.29) is 11.3 Å². The van der Waals surface area contributed by atoms with Crippen LogP contribution in [0.5, 0.6) is 5.75 Å². The summed E-state index contributed by atoms with van der Waals surface area (Å²) in [4.78, 5) is 23.0. The number of rotatable bonds is 3. The van der Waals surface area contributed by atoms with Crippen LogP contribution in [0.2, 0.25) is 0 Å². The summed E-state index contributed by atoms with van der Waals surface area (Å²) in [7, 11) is 0. The van der Waals surface area contributed by atoms with Gasteiger partial charge in [0.2, 0.25) is 0 Å². The Balaban J connectivity index is 2.30. The van der Waals surface area contributed by atoms with Gasteiger partial charge in [-0.2, -0.15) is 0 Å². The van der Waals surface area contributed by atoms with Crippen molar-refractivity contribution in [1.82, 2.24) is 9.59 Å². The summed E-state index contributed by atoms with van der Waals surface area (Å²) >= 11 is 0.922. The van der Waals surface area contributed by atoms with E-state index in [2.05, 4.69) is 14.9 Å². The van der Waals surface area contributed by atoms with Crippen LogP contribution in [-0.2, 0) is 0 Å². The van der Waals surface area contributed by atoms with Gasteiger partial charge >= 0.3 is 5.97 Å². The van der Waals surface area contributed by atoms with E-state index in [1.54, 1.807) is 6.92 Å². The fourth-order valence-electron chi connectivity index (χ4n) is 1.44. The number of phenols is 1. The van der Waals surface area contributed by atoms with Crippen LogP contribution in [0.3, 0.4) is 0 Å². The topological polar surface area (TPSA) is 112 Å². The Hall–Kier alpha value is -2.48. The van der Waals surface area contributed by atoms with Crippen molar-refractivity contribution < 1.29 is 19.8 Å². The lowest BCUT2D eigenvalue weighted by Gasteiger charge is -2.08. The van der Waals surface area contributed by atoms with Crippen molar-refractivity contribution in [3.8, 4) is 5.75 Å². The second-order valence-electron chi connectivity index (χ2n) is 3.65. The number of hydrogen-bond donors (Lipinski definition) is 3. The first kappa shape index (κ1) is 13.0. The maximum atomic E-state index is 11.9. The molecule has 0 bridgehead atoms. The van der Waals surface area contributed by atoms with Crippen LogP contribution in [0.25, 0.3) is 0 Å². The van der Waals surface area contributed by atoms with E-state index in [0.29, 0.717) is 10.6 Å². The largest absolute Gasteiger partial charge is 0.505 e.